The number of alkyl halides is 1. The average Bonchev–Trinajstić information content (AvgIpc) is 3.13. The summed E-state index contributed by atoms with van der Waals surface area (Å²) in [5.74, 6) is 0.397. The molecule has 9 heteroatoms. The van der Waals surface area contributed by atoms with Crippen molar-refractivity contribution in [3.05, 3.63) is 69.9 Å². The maximum absolute atomic E-state index is 15.1. The van der Waals surface area contributed by atoms with E-state index in [1.54, 1.807) is 33.9 Å². The van der Waals surface area contributed by atoms with Crippen LogP contribution >= 0.6 is 0 Å². The minimum atomic E-state index is -1.39. The number of anilines is 2. The summed E-state index contributed by atoms with van der Waals surface area (Å²) in [4.78, 5) is 26.5. The highest BCUT2D eigenvalue weighted by Crippen LogP contribution is 2.44. The zero-order chi connectivity index (χ0) is 23.3. The number of nitrogens with zero attached hydrogens (tertiary/aromatic N) is 5. The predicted octanol–water partition coefficient (Wildman–Crippen LogP) is 3.74. The first-order valence-corrected chi connectivity index (χ1v) is 11.8. The molecule has 0 amide bonds. The summed E-state index contributed by atoms with van der Waals surface area (Å²) < 4.78 is 18.4. The number of hydrogen-bond donors (Lipinski definition) is 2. The van der Waals surface area contributed by atoms with Gasteiger partial charge in [-0.05, 0) is 74.5 Å². The fourth-order valence-electron chi connectivity index (χ4n) is 4.86. The van der Waals surface area contributed by atoms with E-state index in [0.717, 1.165) is 31.6 Å². The van der Waals surface area contributed by atoms with E-state index < -0.39 is 5.67 Å². The molecule has 1 aromatic carbocycles. The number of halogens is 1. The van der Waals surface area contributed by atoms with E-state index in [1.165, 1.54) is 11.1 Å². The van der Waals surface area contributed by atoms with Gasteiger partial charge in [-0.1, -0.05) is 6.07 Å². The Kier molecular flexibility index (Phi) is 4.95. The second-order valence-corrected chi connectivity index (χ2v) is 9.02. The molecule has 1 saturated carbocycles. The Morgan fingerprint density at radius 2 is 2.06 bits per heavy atom. The molecule has 1 aliphatic carbocycles. The van der Waals surface area contributed by atoms with Crippen LogP contribution in [0.2, 0.25) is 0 Å². The number of aromatic nitrogens is 5. The van der Waals surface area contributed by atoms with E-state index in [-0.39, 0.29) is 5.56 Å². The first kappa shape index (κ1) is 21.0. The Morgan fingerprint density at radius 3 is 2.85 bits per heavy atom. The summed E-state index contributed by atoms with van der Waals surface area (Å²) in [5, 5.41) is 7.08. The molecule has 0 spiro atoms. The number of fused-ring (bicyclic) bond motifs is 2. The highest BCUT2D eigenvalue weighted by Gasteiger charge is 2.40. The normalized spacial score (nSPS) is 16.8. The van der Waals surface area contributed by atoms with Crippen LogP contribution in [0.5, 0.6) is 0 Å². The van der Waals surface area contributed by atoms with Crippen LogP contribution in [0.15, 0.2) is 47.5 Å². The molecule has 4 heterocycles. The van der Waals surface area contributed by atoms with Gasteiger partial charge in [0.2, 0.25) is 5.95 Å². The van der Waals surface area contributed by atoms with Gasteiger partial charge < -0.3 is 10.6 Å². The number of nitrogens with one attached hydrogen (secondary N) is 2. The summed E-state index contributed by atoms with van der Waals surface area (Å²) in [6.07, 6.45) is 5.98. The monoisotopic (exact) mass is 459 g/mol. The molecular weight excluding hydrogens is 433 g/mol. The summed E-state index contributed by atoms with van der Waals surface area (Å²) in [6, 6.07) is 9.77. The molecule has 6 rings (SSSR count). The molecule has 0 atom stereocenters. The zero-order valence-corrected chi connectivity index (χ0v) is 19.0. The smallest absolute Gasteiger partial charge is 0.278 e. The minimum Gasteiger partial charge on any atom is -0.324 e. The lowest BCUT2D eigenvalue weighted by Crippen LogP contribution is -2.30. The van der Waals surface area contributed by atoms with Crippen molar-refractivity contribution < 1.29 is 4.39 Å². The first-order valence-electron chi connectivity index (χ1n) is 11.8. The van der Waals surface area contributed by atoms with Gasteiger partial charge in [0.25, 0.3) is 5.56 Å². The van der Waals surface area contributed by atoms with Crippen LogP contribution in [0.4, 0.5) is 16.0 Å². The molecule has 174 valence electrons. The van der Waals surface area contributed by atoms with Crippen LogP contribution in [-0.2, 0) is 25.2 Å². The standard InChI is InChI=1S/C25H26FN7O/c1-2-32-23(34)20-15-29-24(30-18-5-4-16-6-10-27-14-17(16)12-18)31-22(20)33(32)19-7-11-28-21(13-19)25(26)8-3-9-25/h4-5,7,11-13,15,27H,2-3,6,8-10,14H2,1H3,(H,29,30,31). The van der Waals surface area contributed by atoms with E-state index in [0.29, 0.717) is 47.7 Å². The molecule has 3 aromatic heterocycles. The second-order valence-electron chi connectivity index (χ2n) is 9.02. The third-order valence-corrected chi connectivity index (χ3v) is 6.92. The Morgan fingerprint density at radius 1 is 1.18 bits per heavy atom. The summed E-state index contributed by atoms with van der Waals surface area (Å²) in [6.45, 7) is 4.17. The Hall–Kier alpha value is -3.59. The zero-order valence-electron chi connectivity index (χ0n) is 19.0. The second kappa shape index (κ2) is 8.02. The number of benzene rings is 1. The van der Waals surface area contributed by atoms with Crippen LogP contribution in [0.1, 0.15) is 43.0 Å². The molecule has 8 nitrogen and oxygen atoms in total. The van der Waals surface area contributed by atoms with Gasteiger partial charge in [-0.15, -0.1) is 0 Å². The van der Waals surface area contributed by atoms with E-state index in [4.69, 9.17) is 4.98 Å². The summed E-state index contributed by atoms with van der Waals surface area (Å²) in [7, 11) is 0. The molecule has 1 aliphatic heterocycles. The molecule has 0 radical (unpaired) electrons. The van der Waals surface area contributed by atoms with Crippen LogP contribution < -0.4 is 16.2 Å². The third kappa shape index (κ3) is 3.38. The lowest BCUT2D eigenvalue weighted by atomic mass is 9.79. The molecule has 4 aromatic rings. The Bertz CT molecular complexity index is 1450. The SMILES string of the molecule is CCn1c(=O)c2cnc(Nc3ccc4c(c3)CNCC4)nc2n1-c1ccnc(C2(F)CCC2)c1. The maximum atomic E-state index is 15.1. The van der Waals surface area contributed by atoms with Gasteiger partial charge in [-0.25, -0.2) is 18.7 Å². The maximum Gasteiger partial charge on any atom is 0.278 e. The van der Waals surface area contributed by atoms with E-state index in [9.17, 15) is 4.79 Å². The molecule has 2 N–H and O–H groups in total. The lowest BCUT2D eigenvalue weighted by molar-refractivity contribution is 0.0560. The molecule has 2 aliphatic rings. The predicted molar refractivity (Wildman–Crippen MR) is 128 cm³/mol. The molecule has 0 unspecified atom stereocenters. The van der Waals surface area contributed by atoms with Crippen molar-refractivity contribution >= 4 is 22.7 Å². The van der Waals surface area contributed by atoms with Crippen molar-refractivity contribution in [2.45, 2.75) is 51.4 Å². The largest absolute Gasteiger partial charge is 0.324 e. The fraction of sp³-hybridized carbons (Fsp3) is 0.360. The lowest BCUT2D eigenvalue weighted by Gasteiger charge is -2.33. The molecular formula is C25H26FN7O. The highest BCUT2D eigenvalue weighted by atomic mass is 19.1. The van der Waals surface area contributed by atoms with Crippen molar-refractivity contribution in [3.63, 3.8) is 0 Å². The van der Waals surface area contributed by atoms with Gasteiger partial charge in [-0.2, -0.15) is 4.98 Å². The number of rotatable bonds is 5. The van der Waals surface area contributed by atoms with Crippen molar-refractivity contribution in [1.29, 1.82) is 0 Å². The van der Waals surface area contributed by atoms with Crippen molar-refractivity contribution in [2.24, 2.45) is 0 Å². The molecule has 0 bridgehead atoms. The number of hydrogen-bond acceptors (Lipinski definition) is 6. The van der Waals surface area contributed by atoms with Crippen molar-refractivity contribution in [1.82, 2.24) is 29.6 Å². The van der Waals surface area contributed by atoms with Crippen LogP contribution in [0, 0.1) is 0 Å². The van der Waals surface area contributed by atoms with Gasteiger partial charge in [-0.3, -0.25) is 9.78 Å². The van der Waals surface area contributed by atoms with Crippen molar-refractivity contribution in [2.75, 3.05) is 11.9 Å². The van der Waals surface area contributed by atoms with E-state index >= 15 is 4.39 Å². The van der Waals surface area contributed by atoms with Gasteiger partial charge in [0.1, 0.15) is 5.39 Å². The topological polar surface area (TPSA) is 89.7 Å². The van der Waals surface area contributed by atoms with Crippen LogP contribution in [-0.4, -0.2) is 30.9 Å². The molecule has 0 saturated heterocycles. The van der Waals surface area contributed by atoms with E-state index in [2.05, 4.69) is 32.7 Å². The minimum absolute atomic E-state index is 0.180. The highest BCUT2D eigenvalue weighted by molar-refractivity contribution is 5.77. The van der Waals surface area contributed by atoms with Gasteiger partial charge in [0.05, 0.1) is 11.4 Å². The van der Waals surface area contributed by atoms with Crippen LogP contribution in [0.25, 0.3) is 16.7 Å². The number of pyridine rings is 1. The van der Waals surface area contributed by atoms with E-state index in [1.807, 2.05) is 13.0 Å². The first-order chi connectivity index (χ1) is 16.6. The Labute approximate surface area is 195 Å². The average molecular weight is 460 g/mol. The van der Waals surface area contributed by atoms with Gasteiger partial charge in [0.15, 0.2) is 11.3 Å². The molecule has 34 heavy (non-hydrogen) atoms. The summed E-state index contributed by atoms with van der Waals surface area (Å²) >= 11 is 0. The van der Waals surface area contributed by atoms with Gasteiger partial charge >= 0.3 is 0 Å². The van der Waals surface area contributed by atoms with Gasteiger partial charge in [0, 0.05) is 31.2 Å². The summed E-state index contributed by atoms with van der Waals surface area (Å²) in [5.41, 5.74) is 3.46. The van der Waals surface area contributed by atoms with Crippen LogP contribution in [0.3, 0.4) is 0 Å². The molecule has 1 fully saturated rings. The fourth-order valence-corrected chi connectivity index (χ4v) is 4.86. The third-order valence-electron chi connectivity index (χ3n) is 6.92. The van der Waals surface area contributed by atoms with Crippen molar-refractivity contribution in [3.8, 4) is 5.69 Å². The Balaban J connectivity index is 1.43. The quantitative estimate of drug-likeness (QED) is 0.473.